The molecule has 0 atom stereocenters. The Kier molecular flexibility index (Phi) is 5.53. The van der Waals surface area contributed by atoms with Crippen LogP contribution >= 0.6 is 0 Å². The number of rotatable bonds is 6. The van der Waals surface area contributed by atoms with E-state index >= 15 is 0 Å². The number of aromatic nitrogens is 3. The Hall–Kier alpha value is -2.28. The molecule has 1 N–H and O–H groups in total. The standard InChI is InChI=1S/C17H23N5O2/c23-22(24)17-9-7-14(8-10-17)12-21-13-16(19-20-21)11-18-15-5-3-1-2-4-6-15/h7-10,13,15,18H,1-6,11-12H2. The highest BCUT2D eigenvalue weighted by Gasteiger charge is 2.12. The Morgan fingerprint density at radius 2 is 1.88 bits per heavy atom. The Morgan fingerprint density at radius 1 is 1.17 bits per heavy atom. The van der Waals surface area contributed by atoms with Crippen LogP contribution in [-0.4, -0.2) is 26.0 Å². The van der Waals surface area contributed by atoms with E-state index in [1.807, 2.05) is 6.20 Å². The maximum atomic E-state index is 10.7. The van der Waals surface area contributed by atoms with Crippen LogP contribution in [0.1, 0.15) is 49.8 Å². The molecule has 0 spiro atoms. The highest BCUT2D eigenvalue weighted by Crippen LogP contribution is 2.17. The summed E-state index contributed by atoms with van der Waals surface area (Å²) < 4.78 is 1.77. The van der Waals surface area contributed by atoms with E-state index in [1.54, 1.807) is 16.8 Å². The van der Waals surface area contributed by atoms with Gasteiger partial charge in [0.15, 0.2) is 0 Å². The van der Waals surface area contributed by atoms with Gasteiger partial charge in [-0.3, -0.25) is 10.1 Å². The lowest BCUT2D eigenvalue weighted by Gasteiger charge is -2.14. The Morgan fingerprint density at radius 3 is 2.54 bits per heavy atom. The van der Waals surface area contributed by atoms with Gasteiger partial charge < -0.3 is 5.32 Å². The van der Waals surface area contributed by atoms with Crippen molar-refractivity contribution < 1.29 is 4.92 Å². The largest absolute Gasteiger partial charge is 0.308 e. The quantitative estimate of drug-likeness (QED) is 0.500. The van der Waals surface area contributed by atoms with Crippen molar-refractivity contribution in [3.05, 3.63) is 51.8 Å². The second-order valence-electron chi connectivity index (χ2n) is 6.40. The molecule has 1 aliphatic rings. The molecule has 1 heterocycles. The molecule has 7 nitrogen and oxygen atoms in total. The zero-order valence-corrected chi connectivity index (χ0v) is 13.7. The lowest BCUT2D eigenvalue weighted by Crippen LogP contribution is -2.28. The minimum atomic E-state index is -0.392. The van der Waals surface area contributed by atoms with Crippen molar-refractivity contribution in [3.8, 4) is 0 Å². The fourth-order valence-corrected chi connectivity index (χ4v) is 3.14. The van der Waals surface area contributed by atoms with Crippen LogP contribution in [0.2, 0.25) is 0 Å². The van der Waals surface area contributed by atoms with E-state index in [2.05, 4.69) is 15.6 Å². The van der Waals surface area contributed by atoms with Gasteiger partial charge in [0.25, 0.3) is 5.69 Å². The maximum Gasteiger partial charge on any atom is 0.269 e. The van der Waals surface area contributed by atoms with E-state index in [0.29, 0.717) is 12.6 Å². The van der Waals surface area contributed by atoms with Crippen LogP contribution in [0, 0.1) is 10.1 Å². The third-order valence-corrected chi connectivity index (χ3v) is 4.50. The van der Waals surface area contributed by atoms with Crippen LogP contribution in [-0.2, 0) is 13.1 Å². The van der Waals surface area contributed by atoms with Crippen LogP contribution < -0.4 is 5.32 Å². The number of nitrogens with zero attached hydrogens (tertiary/aromatic N) is 4. The Balaban J connectivity index is 1.52. The molecule has 0 bridgehead atoms. The molecule has 7 heteroatoms. The average molecular weight is 329 g/mol. The molecule has 1 fully saturated rings. The predicted molar refractivity (Wildman–Crippen MR) is 90.6 cm³/mol. The van der Waals surface area contributed by atoms with Crippen LogP contribution in [0.5, 0.6) is 0 Å². The van der Waals surface area contributed by atoms with E-state index < -0.39 is 4.92 Å². The van der Waals surface area contributed by atoms with Crippen molar-refractivity contribution in [2.24, 2.45) is 0 Å². The van der Waals surface area contributed by atoms with Crippen molar-refractivity contribution >= 4 is 5.69 Å². The lowest BCUT2D eigenvalue weighted by atomic mass is 10.1. The molecule has 1 saturated carbocycles. The van der Waals surface area contributed by atoms with Crippen molar-refractivity contribution in [2.75, 3.05) is 0 Å². The SMILES string of the molecule is O=[N+]([O-])c1ccc(Cn2cc(CNC3CCCCCC3)nn2)cc1. The molecule has 3 rings (SSSR count). The van der Waals surface area contributed by atoms with Crippen LogP contribution in [0.25, 0.3) is 0 Å². The summed E-state index contributed by atoms with van der Waals surface area (Å²) in [6, 6.07) is 7.13. The first-order valence-corrected chi connectivity index (χ1v) is 8.56. The van der Waals surface area contributed by atoms with Gasteiger partial charge in [0.2, 0.25) is 0 Å². The third kappa shape index (κ3) is 4.61. The number of hydrogen-bond donors (Lipinski definition) is 1. The smallest absolute Gasteiger partial charge is 0.269 e. The summed E-state index contributed by atoms with van der Waals surface area (Å²) in [5.41, 5.74) is 2.00. The van der Waals surface area contributed by atoms with Crippen LogP contribution in [0.3, 0.4) is 0 Å². The van der Waals surface area contributed by atoms with Gasteiger partial charge in [-0.1, -0.05) is 43.0 Å². The van der Waals surface area contributed by atoms with E-state index in [9.17, 15) is 10.1 Å². The second kappa shape index (κ2) is 8.01. The summed E-state index contributed by atoms with van der Waals surface area (Å²) in [5, 5.41) is 22.6. The summed E-state index contributed by atoms with van der Waals surface area (Å²) in [6.45, 7) is 1.30. The number of nitro benzene ring substituents is 1. The molecule has 1 aliphatic carbocycles. The Bertz CT molecular complexity index is 660. The molecule has 2 aromatic rings. The van der Waals surface area contributed by atoms with E-state index in [0.717, 1.165) is 17.8 Å². The van der Waals surface area contributed by atoms with Crippen LogP contribution in [0.4, 0.5) is 5.69 Å². The Labute approximate surface area is 141 Å². The highest BCUT2D eigenvalue weighted by atomic mass is 16.6. The summed E-state index contributed by atoms with van der Waals surface area (Å²) in [6.07, 6.45) is 9.75. The zero-order valence-electron chi connectivity index (χ0n) is 13.7. The van der Waals surface area contributed by atoms with Gasteiger partial charge >= 0.3 is 0 Å². The monoisotopic (exact) mass is 329 g/mol. The molecule has 0 amide bonds. The minimum Gasteiger partial charge on any atom is -0.308 e. The van der Waals surface area contributed by atoms with Crippen molar-refractivity contribution in [3.63, 3.8) is 0 Å². The molecule has 1 aromatic carbocycles. The van der Waals surface area contributed by atoms with Gasteiger partial charge in [0.05, 0.1) is 23.4 Å². The van der Waals surface area contributed by atoms with Crippen LogP contribution in [0.15, 0.2) is 30.5 Å². The topological polar surface area (TPSA) is 85.9 Å². The van der Waals surface area contributed by atoms with Gasteiger partial charge in [-0.2, -0.15) is 0 Å². The van der Waals surface area contributed by atoms with Gasteiger partial charge in [-0.25, -0.2) is 4.68 Å². The van der Waals surface area contributed by atoms with Gasteiger partial charge in [-0.15, -0.1) is 5.10 Å². The second-order valence-corrected chi connectivity index (χ2v) is 6.40. The number of hydrogen-bond acceptors (Lipinski definition) is 5. The molecular weight excluding hydrogens is 306 g/mol. The molecule has 0 radical (unpaired) electrons. The summed E-state index contributed by atoms with van der Waals surface area (Å²) in [4.78, 5) is 10.3. The fourth-order valence-electron chi connectivity index (χ4n) is 3.14. The van der Waals surface area contributed by atoms with Crippen molar-refractivity contribution in [1.29, 1.82) is 0 Å². The minimum absolute atomic E-state index is 0.102. The fraction of sp³-hybridized carbons (Fsp3) is 0.529. The molecule has 128 valence electrons. The summed E-state index contributed by atoms with van der Waals surface area (Å²) >= 11 is 0. The van der Waals surface area contributed by atoms with E-state index in [4.69, 9.17) is 0 Å². The number of benzene rings is 1. The van der Waals surface area contributed by atoms with Gasteiger partial charge in [0.1, 0.15) is 0 Å². The predicted octanol–water partition coefficient (Wildman–Crippen LogP) is 3.05. The van der Waals surface area contributed by atoms with E-state index in [-0.39, 0.29) is 5.69 Å². The van der Waals surface area contributed by atoms with Crippen molar-refractivity contribution in [1.82, 2.24) is 20.3 Å². The van der Waals surface area contributed by atoms with Gasteiger partial charge in [0, 0.05) is 24.7 Å². The molecule has 0 saturated heterocycles. The first-order valence-electron chi connectivity index (χ1n) is 8.56. The number of non-ortho nitro benzene ring substituents is 1. The third-order valence-electron chi connectivity index (χ3n) is 4.50. The summed E-state index contributed by atoms with van der Waals surface area (Å²) in [5.74, 6) is 0. The molecular formula is C17H23N5O2. The molecule has 0 aliphatic heterocycles. The van der Waals surface area contributed by atoms with Gasteiger partial charge in [-0.05, 0) is 18.4 Å². The highest BCUT2D eigenvalue weighted by molar-refractivity contribution is 5.32. The first kappa shape index (κ1) is 16.6. The first-order chi connectivity index (χ1) is 11.7. The molecule has 24 heavy (non-hydrogen) atoms. The van der Waals surface area contributed by atoms with Crippen molar-refractivity contribution in [2.45, 2.75) is 57.7 Å². The summed E-state index contributed by atoms with van der Waals surface area (Å²) in [7, 11) is 0. The molecule has 1 aromatic heterocycles. The number of nitro groups is 1. The number of nitrogens with one attached hydrogen (secondary N) is 1. The van der Waals surface area contributed by atoms with E-state index in [1.165, 1.54) is 50.7 Å². The normalized spacial score (nSPS) is 16.0. The zero-order chi connectivity index (χ0) is 16.8. The average Bonchev–Trinajstić information content (AvgIpc) is 2.86. The molecule has 0 unspecified atom stereocenters. The maximum absolute atomic E-state index is 10.7. The lowest BCUT2D eigenvalue weighted by molar-refractivity contribution is -0.384.